The van der Waals surface area contributed by atoms with Crippen LogP contribution in [0, 0.1) is 0 Å². The minimum atomic E-state index is -0.494. The van der Waals surface area contributed by atoms with E-state index in [1.54, 1.807) is 0 Å². The van der Waals surface area contributed by atoms with E-state index in [0.29, 0.717) is 6.42 Å². The molecule has 1 unspecified atom stereocenters. The van der Waals surface area contributed by atoms with Crippen molar-refractivity contribution >= 4 is 0 Å². The van der Waals surface area contributed by atoms with Crippen molar-refractivity contribution in [1.29, 1.82) is 0 Å². The van der Waals surface area contributed by atoms with Crippen molar-refractivity contribution in [2.45, 2.75) is 46.1 Å². The van der Waals surface area contributed by atoms with Gasteiger partial charge in [0, 0.05) is 6.61 Å². The Morgan fingerprint density at radius 3 is 2.43 bits per heavy atom. The molecule has 0 radical (unpaired) electrons. The van der Waals surface area contributed by atoms with Gasteiger partial charge in [0.1, 0.15) is 0 Å². The molecule has 0 saturated heterocycles. The maximum atomic E-state index is 9.38. The van der Waals surface area contributed by atoms with Gasteiger partial charge in [0.05, 0.1) is 6.10 Å². The molecule has 1 atom stereocenters. The van der Waals surface area contributed by atoms with E-state index in [0.717, 1.165) is 12.8 Å². The van der Waals surface area contributed by atoms with Gasteiger partial charge in [-0.3, -0.25) is 0 Å². The SMILES string of the molecule is CC(C)=CCCC(C)=CC(O)CCO. The fourth-order valence-electron chi connectivity index (χ4n) is 1.22. The second-order valence-corrected chi connectivity index (χ2v) is 3.91. The van der Waals surface area contributed by atoms with Crippen LogP contribution in [0.4, 0.5) is 0 Å². The first-order valence-corrected chi connectivity index (χ1v) is 5.16. The number of aliphatic hydroxyl groups excluding tert-OH is 2. The van der Waals surface area contributed by atoms with Gasteiger partial charge in [0.25, 0.3) is 0 Å². The molecule has 0 aliphatic heterocycles. The summed E-state index contributed by atoms with van der Waals surface area (Å²) in [6.07, 6.45) is 5.96. The van der Waals surface area contributed by atoms with Crippen LogP contribution in [0.1, 0.15) is 40.0 Å². The first-order chi connectivity index (χ1) is 6.56. The van der Waals surface area contributed by atoms with Gasteiger partial charge in [-0.2, -0.15) is 0 Å². The normalized spacial score (nSPS) is 13.9. The number of aliphatic hydroxyl groups is 2. The standard InChI is InChI=1S/C12H22O2/c1-10(2)5-4-6-11(3)9-12(14)7-8-13/h5,9,12-14H,4,6-8H2,1-3H3. The van der Waals surface area contributed by atoms with Gasteiger partial charge < -0.3 is 10.2 Å². The van der Waals surface area contributed by atoms with Crippen LogP contribution in [0.2, 0.25) is 0 Å². The number of hydrogen-bond acceptors (Lipinski definition) is 2. The van der Waals surface area contributed by atoms with Crippen molar-refractivity contribution in [3.8, 4) is 0 Å². The van der Waals surface area contributed by atoms with Gasteiger partial charge in [-0.05, 0) is 40.0 Å². The maximum Gasteiger partial charge on any atom is 0.0745 e. The second-order valence-electron chi connectivity index (χ2n) is 3.91. The van der Waals surface area contributed by atoms with E-state index in [4.69, 9.17) is 5.11 Å². The van der Waals surface area contributed by atoms with Crippen molar-refractivity contribution in [2.24, 2.45) is 0 Å². The highest BCUT2D eigenvalue weighted by molar-refractivity contribution is 5.04. The summed E-state index contributed by atoms with van der Waals surface area (Å²) < 4.78 is 0. The van der Waals surface area contributed by atoms with Crippen molar-refractivity contribution in [3.63, 3.8) is 0 Å². The molecular formula is C12H22O2. The predicted molar refractivity (Wildman–Crippen MR) is 60.1 cm³/mol. The summed E-state index contributed by atoms with van der Waals surface area (Å²) >= 11 is 0. The molecule has 0 aromatic rings. The molecule has 0 aromatic heterocycles. The zero-order valence-electron chi connectivity index (χ0n) is 9.45. The van der Waals surface area contributed by atoms with E-state index in [-0.39, 0.29) is 6.61 Å². The highest BCUT2D eigenvalue weighted by Gasteiger charge is 1.98. The van der Waals surface area contributed by atoms with Crippen molar-refractivity contribution in [3.05, 3.63) is 23.3 Å². The van der Waals surface area contributed by atoms with Crippen LogP contribution in [0.3, 0.4) is 0 Å². The third kappa shape index (κ3) is 8.02. The average Bonchev–Trinajstić information content (AvgIpc) is 2.03. The van der Waals surface area contributed by atoms with Crippen LogP contribution in [-0.4, -0.2) is 22.9 Å². The molecule has 82 valence electrons. The van der Waals surface area contributed by atoms with Crippen molar-refractivity contribution in [1.82, 2.24) is 0 Å². The van der Waals surface area contributed by atoms with Crippen LogP contribution in [0.15, 0.2) is 23.3 Å². The Balaban J connectivity index is 3.82. The predicted octanol–water partition coefficient (Wildman–Crippen LogP) is 2.42. The first-order valence-electron chi connectivity index (χ1n) is 5.16. The van der Waals surface area contributed by atoms with Gasteiger partial charge in [-0.25, -0.2) is 0 Å². The Labute approximate surface area is 87.0 Å². The topological polar surface area (TPSA) is 40.5 Å². The molecule has 0 fully saturated rings. The molecule has 0 aromatic carbocycles. The van der Waals surface area contributed by atoms with Crippen LogP contribution >= 0.6 is 0 Å². The maximum absolute atomic E-state index is 9.38. The van der Waals surface area contributed by atoms with Gasteiger partial charge in [-0.15, -0.1) is 0 Å². The fraction of sp³-hybridized carbons (Fsp3) is 0.667. The second kappa shape index (κ2) is 7.77. The Morgan fingerprint density at radius 1 is 1.29 bits per heavy atom. The largest absolute Gasteiger partial charge is 0.396 e. The van der Waals surface area contributed by atoms with E-state index in [2.05, 4.69) is 19.9 Å². The molecule has 2 N–H and O–H groups in total. The fourth-order valence-corrected chi connectivity index (χ4v) is 1.22. The minimum absolute atomic E-state index is 0.0406. The summed E-state index contributed by atoms with van der Waals surface area (Å²) in [5.41, 5.74) is 2.51. The third-order valence-corrected chi connectivity index (χ3v) is 1.99. The van der Waals surface area contributed by atoms with Crippen LogP contribution < -0.4 is 0 Å². The molecule has 0 spiro atoms. The number of allylic oxidation sites excluding steroid dienone is 3. The van der Waals surface area contributed by atoms with E-state index >= 15 is 0 Å². The molecule has 0 amide bonds. The Bertz CT molecular complexity index is 200. The quantitative estimate of drug-likeness (QED) is 0.643. The lowest BCUT2D eigenvalue weighted by Crippen LogP contribution is -2.05. The van der Waals surface area contributed by atoms with Crippen molar-refractivity contribution < 1.29 is 10.2 Å². The lowest BCUT2D eigenvalue weighted by Gasteiger charge is -2.05. The molecular weight excluding hydrogens is 176 g/mol. The van der Waals surface area contributed by atoms with Crippen LogP contribution in [0.5, 0.6) is 0 Å². The molecule has 0 aliphatic carbocycles. The zero-order chi connectivity index (χ0) is 11.0. The van der Waals surface area contributed by atoms with Gasteiger partial charge >= 0.3 is 0 Å². The Morgan fingerprint density at radius 2 is 1.93 bits per heavy atom. The van der Waals surface area contributed by atoms with Crippen LogP contribution in [-0.2, 0) is 0 Å². The Kier molecular flexibility index (Phi) is 7.44. The molecule has 0 saturated carbocycles. The van der Waals surface area contributed by atoms with Crippen LogP contribution in [0.25, 0.3) is 0 Å². The third-order valence-electron chi connectivity index (χ3n) is 1.99. The first kappa shape index (κ1) is 13.4. The van der Waals surface area contributed by atoms with Crippen molar-refractivity contribution in [2.75, 3.05) is 6.61 Å². The Hall–Kier alpha value is -0.600. The molecule has 2 heteroatoms. The summed E-state index contributed by atoms with van der Waals surface area (Å²) in [4.78, 5) is 0. The van der Waals surface area contributed by atoms with E-state index in [1.165, 1.54) is 11.1 Å². The lowest BCUT2D eigenvalue weighted by atomic mass is 10.1. The van der Waals surface area contributed by atoms with E-state index in [1.807, 2.05) is 13.0 Å². The summed E-state index contributed by atoms with van der Waals surface area (Å²) in [5.74, 6) is 0. The molecule has 0 rings (SSSR count). The van der Waals surface area contributed by atoms with Gasteiger partial charge in [0.2, 0.25) is 0 Å². The van der Waals surface area contributed by atoms with E-state index < -0.39 is 6.10 Å². The summed E-state index contributed by atoms with van der Waals surface area (Å²) in [7, 11) is 0. The summed E-state index contributed by atoms with van der Waals surface area (Å²) in [5, 5.41) is 18.0. The molecule has 14 heavy (non-hydrogen) atoms. The number of hydrogen-bond donors (Lipinski definition) is 2. The minimum Gasteiger partial charge on any atom is -0.396 e. The molecule has 0 heterocycles. The summed E-state index contributed by atoms with van der Waals surface area (Å²) in [6, 6.07) is 0. The molecule has 0 bridgehead atoms. The van der Waals surface area contributed by atoms with E-state index in [9.17, 15) is 5.11 Å². The highest BCUT2D eigenvalue weighted by atomic mass is 16.3. The monoisotopic (exact) mass is 198 g/mol. The van der Waals surface area contributed by atoms with Gasteiger partial charge in [0.15, 0.2) is 0 Å². The number of rotatable bonds is 6. The lowest BCUT2D eigenvalue weighted by molar-refractivity contribution is 0.169. The van der Waals surface area contributed by atoms with Gasteiger partial charge in [-0.1, -0.05) is 23.3 Å². The zero-order valence-corrected chi connectivity index (χ0v) is 9.45. The smallest absolute Gasteiger partial charge is 0.0745 e. The summed E-state index contributed by atoms with van der Waals surface area (Å²) in [6.45, 7) is 6.22. The molecule has 0 aliphatic rings. The highest BCUT2D eigenvalue weighted by Crippen LogP contribution is 2.08. The average molecular weight is 198 g/mol. The molecule has 2 nitrogen and oxygen atoms in total.